The summed E-state index contributed by atoms with van der Waals surface area (Å²) in [5.74, 6) is -0.154. The zero-order valence-electron chi connectivity index (χ0n) is 9.06. The first-order valence-corrected chi connectivity index (χ1v) is 4.72. The van der Waals surface area contributed by atoms with Crippen LogP contribution in [0.3, 0.4) is 0 Å². The first-order chi connectivity index (χ1) is 7.21. The van der Waals surface area contributed by atoms with Crippen molar-refractivity contribution in [2.24, 2.45) is 0 Å². The van der Waals surface area contributed by atoms with Crippen LogP contribution in [0.15, 0.2) is 50.6 Å². The summed E-state index contributed by atoms with van der Waals surface area (Å²) in [6, 6.07) is 0. The van der Waals surface area contributed by atoms with E-state index in [9.17, 15) is 4.79 Å². The number of rotatable bonds is 8. The van der Waals surface area contributed by atoms with E-state index in [4.69, 9.17) is 0 Å². The van der Waals surface area contributed by atoms with Crippen LogP contribution in [-0.2, 0) is 4.79 Å². The molecular weight excluding hydrogens is 188 g/mol. The Balaban J connectivity index is 4.70. The maximum Gasteiger partial charge on any atom is 0.260 e. The average Bonchev–Trinajstić information content (AvgIpc) is 2.25. The van der Waals surface area contributed by atoms with Gasteiger partial charge in [-0.3, -0.25) is 9.80 Å². The highest BCUT2D eigenvalue weighted by molar-refractivity contribution is 5.86. The van der Waals surface area contributed by atoms with Crippen molar-refractivity contribution in [2.45, 2.75) is 0 Å². The minimum Gasteiger partial charge on any atom is -0.268 e. The lowest BCUT2D eigenvalue weighted by atomic mass is 10.4. The lowest BCUT2D eigenvalue weighted by Gasteiger charge is -2.31. The summed E-state index contributed by atoms with van der Waals surface area (Å²) in [6.45, 7) is 16.0. The standard InChI is InChI=1S/C12H18N2O/c1-5-9-13(10-6-2)14(11-7-3)12(15)8-4/h5-8H,1-4,9-11H2. The highest BCUT2D eigenvalue weighted by Crippen LogP contribution is 2.00. The van der Waals surface area contributed by atoms with Gasteiger partial charge in [-0.2, -0.15) is 0 Å². The van der Waals surface area contributed by atoms with E-state index >= 15 is 0 Å². The Bertz CT molecular complexity index is 248. The molecular formula is C12H18N2O. The molecule has 0 radical (unpaired) electrons. The number of nitrogens with zero attached hydrogens (tertiary/aromatic N) is 2. The lowest BCUT2D eigenvalue weighted by molar-refractivity contribution is -0.140. The molecule has 0 atom stereocenters. The fraction of sp³-hybridized carbons (Fsp3) is 0.250. The zero-order chi connectivity index (χ0) is 11.7. The molecule has 0 saturated heterocycles. The molecule has 0 spiro atoms. The van der Waals surface area contributed by atoms with Crippen LogP contribution in [0.1, 0.15) is 0 Å². The summed E-state index contributed by atoms with van der Waals surface area (Å²) in [5, 5.41) is 3.38. The third-order valence-electron chi connectivity index (χ3n) is 1.75. The number of hydrogen-bond acceptors (Lipinski definition) is 2. The molecule has 3 heteroatoms. The number of amides is 1. The summed E-state index contributed by atoms with van der Waals surface area (Å²) >= 11 is 0. The van der Waals surface area contributed by atoms with Crippen LogP contribution in [0.5, 0.6) is 0 Å². The maximum atomic E-state index is 11.5. The second-order valence-corrected chi connectivity index (χ2v) is 2.86. The maximum absolute atomic E-state index is 11.5. The molecule has 15 heavy (non-hydrogen) atoms. The van der Waals surface area contributed by atoms with Crippen LogP contribution in [0.25, 0.3) is 0 Å². The Morgan fingerprint density at radius 2 is 1.40 bits per heavy atom. The number of hydrazine groups is 1. The lowest BCUT2D eigenvalue weighted by Crippen LogP contribution is -2.46. The topological polar surface area (TPSA) is 23.6 Å². The van der Waals surface area contributed by atoms with Crippen LogP contribution in [0.2, 0.25) is 0 Å². The second kappa shape index (κ2) is 7.76. The number of carbonyl (C=O) groups excluding carboxylic acids is 1. The quantitative estimate of drug-likeness (QED) is 0.343. The first kappa shape index (κ1) is 13.4. The summed E-state index contributed by atoms with van der Waals surface area (Å²) in [4.78, 5) is 11.5. The molecule has 0 aromatic rings. The van der Waals surface area contributed by atoms with E-state index in [0.29, 0.717) is 19.6 Å². The Hall–Kier alpha value is -1.61. The van der Waals surface area contributed by atoms with Gasteiger partial charge in [0.2, 0.25) is 0 Å². The fourth-order valence-corrected chi connectivity index (χ4v) is 1.14. The number of hydrogen-bond donors (Lipinski definition) is 0. The monoisotopic (exact) mass is 206 g/mol. The van der Waals surface area contributed by atoms with Crippen molar-refractivity contribution in [3.63, 3.8) is 0 Å². The third kappa shape index (κ3) is 4.42. The fourth-order valence-electron chi connectivity index (χ4n) is 1.14. The van der Waals surface area contributed by atoms with Crippen LogP contribution in [-0.4, -0.2) is 35.6 Å². The van der Waals surface area contributed by atoms with Gasteiger partial charge in [-0.15, -0.1) is 19.7 Å². The van der Waals surface area contributed by atoms with E-state index < -0.39 is 0 Å². The Morgan fingerprint density at radius 3 is 1.73 bits per heavy atom. The molecule has 1 amide bonds. The largest absolute Gasteiger partial charge is 0.268 e. The second-order valence-electron chi connectivity index (χ2n) is 2.86. The van der Waals surface area contributed by atoms with Crippen molar-refractivity contribution in [3.05, 3.63) is 50.6 Å². The number of carbonyl (C=O) groups is 1. The van der Waals surface area contributed by atoms with Crippen molar-refractivity contribution in [1.82, 2.24) is 10.0 Å². The molecule has 0 rings (SSSR count). The van der Waals surface area contributed by atoms with Gasteiger partial charge in [-0.25, -0.2) is 5.01 Å². The van der Waals surface area contributed by atoms with Crippen molar-refractivity contribution in [3.8, 4) is 0 Å². The van der Waals surface area contributed by atoms with Crippen LogP contribution in [0.4, 0.5) is 0 Å². The molecule has 0 saturated carbocycles. The molecule has 3 nitrogen and oxygen atoms in total. The van der Waals surface area contributed by atoms with Crippen molar-refractivity contribution >= 4 is 5.91 Å². The van der Waals surface area contributed by atoms with Gasteiger partial charge in [0.05, 0.1) is 6.54 Å². The van der Waals surface area contributed by atoms with Gasteiger partial charge >= 0.3 is 0 Å². The van der Waals surface area contributed by atoms with Gasteiger partial charge in [-0.1, -0.05) is 24.8 Å². The SMILES string of the molecule is C=CCN(CC=C)N(CC=C)C(=O)C=C. The molecule has 0 aliphatic carbocycles. The van der Waals surface area contributed by atoms with Crippen molar-refractivity contribution < 1.29 is 4.79 Å². The predicted octanol–water partition coefficient (Wildman–Crippen LogP) is 1.78. The minimum atomic E-state index is -0.154. The van der Waals surface area contributed by atoms with Crippen LogP contribution < -0.4 is 0 Å². The van der Waals surface area contributed by atoms with E-state index in [1.54, 1.807) is 23.2 Å². The molecule has 82 valence electrons. The van der Waals surface area contributed by atoms with Crippen LogP contribution in [0, 0.1) is 0 Å². The smallest absolute Gasteiger partial charge is 0.260 e. The minimum absolute atomic E-state index is 0.154. The molecule has 0 aliphatic heterocycles. The zero-order valence-corrected chi connectivity index (χ0v) is 9.06. The van der Waals surface area contributed by atoms with Gasteiger partial charge in [0.25, 0.3) is 5.91 Å². The van der Waals surface area contributed by atoms with E-state index in [1.807, 2.05) is 5.01 Å². The Kier molecular flexibility index (Phi) is 6.93. The highest BCUT2D eigenvalue weighted by atomic mass is 16.2. The summed E-state index contributed by atoms with van der Waals surface area (Å²) in [5.41, 5.74) is 0. The van der Waals surface area contributed by atoms with E-state index in [1.165, 1.54) is 6.08 Å². The first-order valence-electron chi connectivity index (χ1n) is 4.72. The van der Waals surface area contributed by atoms with Gasteiger partial charge in [-0.05, 0) is 6.08 Å². The van der Waals surface area contributed by atoms with Gasteiger partial charge in [0.15, 0.2) is 0 Å². The molecule has 0 unspecified atom stereocenters. The molecule has 0 heterocycles. The molecule has 0 bridgehead atoms. The van der Waals surface area contributed by atoms with Crippen molar-refractivity contribution in [2.75, 3.05) is 19.6 Å². The van der Waals surface area contributed by atoms with Gasteiger partial charge < -0.3 is 0 Å². The normalized spacial score (nSPS) is 9.40. The molecule has 0 N–H and O–H groups in total. The van der Waals surface area contributed by atoms with Crippen LogP contribution >= 0.6 is 0 Å². The third-order valence-corrected chi connectivity index (χ3v) is 1.75. The van der Waals surface area contributed by atoms with Gasteiger partial charge in [0, 0.05) is 13.1 Å². The molecule has 0 aliphatic rings. The van der Waals surface area contributed by atoms with E-state index in [-0.39, 0.29) is 5.91 Å². The molecule has 0 aromatic carbocycles. The van der Waals surface area contributed by atoms with Gasteiger partial charge in [0.1, 0.15) is 0 Å². The highest BCUT2D eigenvalue weighted by Gasteiger charge is 2.15. The summed E-state index contributed by atoms with van der Waals surface area (Å²) < 4.78 is 0. The average molecular weight is 206 g/mol. The molecule has 0 fully saturated rings. The predicted molar refractivity (Wildman–Crippen MR) is 64.1 cm³/mol. The Labute approximate surface area is 91.6 Å². The summed E-state index contributed by atoms with van der Waals surface area (Å²) in [7, 11) is 0. The summed E-state index contributed by atoms with van der Waals surface area (Å²) in [6.07, 6.45) is 6.41. The van der Waals surface area contributed by atoms with E-state index in [2.05, 4.69) is 26.3 Å². The van der Waals surface area contributed by atoms with Crippen molar-refractivity contribution in [1.29, 1.82) is 0 Å². The Morgan fingerprint density at radius 1 is 0.933 bits per heavy atom. The van der Waals surface area contributed by atoms with E-state index in [0.717, 1.165) is 0 Å². The molecule has 0 aromatic heterocycles.